The molecular weight excluding hydrogens is 123 g/mol. The maximum atomic E-state index is 13.1. The Morgan fingerprint density at radius 1 is 1.00 bits per heavy atom. The van der Waals surface area contributed by atoms with Gasteiger partial charge in [0.25, 0.3) is 0 Å². The molecule has 0 bridgehead atoms. The van der Waals surface area contributed by atoms with Gasteiger partial charge in [0, 0.05) is 17.3 Å². The van der Waals surface area contributed by atoms with Gasteiger partial charge in [0.1, 0.15) is 0 Å². The molecule has 0 unspecified atom stereocenters. The van der Waals surface area contributed by atoms with E-state index in [0.717, 1.165) is 17.3 Å². The third-order valence-electron chi connectivity index (χ3n) is 1.55. The summed E-state index contributed by atoms with van der Waals surface area (Å²) < 4.78 is 13.1. The zero-order valence-electron chi connectivity index (χ0n) is 5.91. The van der Waals surface area contributed by atoms with E-state index in [-0.39, 0.29) is 0 Å². The van der Waals surface area contributed by atoms with Gasteiger partial charge in [-0.2, -0.15) is 3.89 Å². The first-order chi connectivity index (χ1) is 3.68. The highest BCUT2D eigenvalue weighted by atomic mass is 32.3. The van der Waals surface area contributed by atoms with Crippen molar-refractivity contribution in [1.82, 2.24) is 0 Å². The predicted molar refractivity (Wildman–Crippen MR) is 40.3 cm³/mol. The lowest BCUT2D eigenvalue weighted by Crippen LogP contribution is -2.01. The Bertz CT molecular complexity index is 51.3. The van der Waals surface area contributed by atoms with Gasteiger partial charge in [-0.05, 0) is 0 Å². The van der Waals surface area contributed by atoms with Crippen LogP contribution in [0.3, 0.4) is 0 Å². The smallest absolute Gasteiger partial charge is 0.000702 e. The maximum Gasteiger partial charge on any atom is 0.000702 e. The van der Waals surface area contributed by atoms with E-state index in [4.69, 9.17) is 0 Å². The molecule has 2 heteroatoms. The molecule has 52 valence electrons. The van der Waals surface area contributed by atoms with Crippen molar-refractivity contribution in [3.8, 4) is 0 Å². The summed E-state index contributed by atoms with van der Waals surface area (Å²) in [6.45, 7) is 5.80. The molecule has 8 heavy (non-hydrogen) atoms. The number of rotatable bonds is 3. The minimum absolute atomic E-state index is 0.736. The summed E-state index contributed by atoms with van der Waals surface area (Å²) in [7, 11) is -1.65. The Kier molecular flexibility index (Phi) is 3.45. The second-order valence-corrected chi connectivity index (χ2v) is 5.42. The summed E-state index contributed by atoms with van der Waals surface area (Å²) in [6, 6.07) is 0. The standard InChI is InChI=1S/C6H15FS/c1-4-8(7,5-2)6-3/h4-6H2,1-3H3. The van der Waals surface area contributed by atoms with Crippen LogP contribution in [0.25, 0.3) is 0 Å². The molecule has 0 aliphatic rings. The van der Waals surface area contributed by atoms with Crippen molar-refractivity contribution in [1.29, 1.82) is 0 Å². The monoisotopic (exact) mass is 138 g/mol. The first-order valence-electron chi connectivity index (χ1n) is 3.14. The highest BCUT2D eigenvalue weighted by Gasteiger charge is 2.13. The van der Waals surface area contributed by atoms with Crippen LogP contribution >= 0.6 is 10.4 Å². The molecule has 0 nitrogen and oxygen atoms in total. The Balaban J connectivity index is 3.58. The van der Waals surface area contributed by atoms with Gasteiger partial charge in [-0.3, -0.25) is 0 Å². The van der Waals surface area contributed by atoms with Gasteiger partial charge >= 0.3 is 0 Å². The van der Waals surface area contributed by atoms with E-state index in [9.17, 15) is 3.89 Å². The molecular formula is C6H15FS. The van der Waals surface area contributed by atoms with Crippen LogP contribution < -0.4 is 0 Å². The van der Waals surface area contributed by atoms with E-state index in [1.54, 1.807) is 0 Å². The van der Waals surface area contributed by atoms with E-state index >= 15 is 0 Å². The molecule has 0 saturated carbocycles. The van der Waals surface area contributed by atoms with Gasteiger partial charge < -0.3 is 0 Å². The minimum atomic E-state index is -1.65. The third-order valence-corrected chi connectivity index (χ3v) is 4.66. The zero-order valence-corrected chi connectivity index (χ0v) is 6.72. The lowest BCUT2D eigenvalue weighted by Gasteiger charge is -2.25. The van der Waals surface area contributed by atoms with Crippen LogP contribution in [0.5, 0.6) is 0 Å². The van der Waals surface area contributed by atoms with E-state index in [0.29, 0.717) is 0 Å². The topological polar surface area (TPSA) is 0 Å². The fourth-order valence-corrected chi connectivity index (χ4v) is 1.84. The van der Waals surface area contributed by atoms with E-state index in [2.05, 4.69) is 0 Å². The molecule has 0 amide bonds. The molecule has 0 aliphatic carbocycles. The first-order valence-corrected chi connectivity index (χ1v) is 5.18. The van der Waals surface area contributed by atoms with Crippen LogP contribution in [0, 0.1) is 0 Å². The number of hydrogen-bond acceptors (Lipinski definition) is 0. The summed E-state index contributed by atoms with van der Waals surface area (Å²) in [5.41, 5.74) is 0. The van der Waals surface area contributed by atoms with Gasteiger partial charge in [0.05, 0.1) is 0 Å². The summed E-state index contributed by atoms with van der Waals surface area (Å²) in [5.74, 6) is 2.21. The van der Waals surface area contributed by atoms with Gasteiger partial charge in [0.15, 0.2) is 0 Å². The van der Waals surface area contributed by atoms with Crippen molar-refractivity contribution >= 4 is 10.4 Å². The Morgan fingerprint density at radius 3 is 1.25 bits per heavy atom. The van der Waals surface area contributed by atoms with Gasteiger partial charge in [-0.15, -0.1) is 0 Å². The highest BCUT2D eigenvalue weighted by Crippen LogP contribution is 2.47. The number of halogens is 1. The molecule has 0 fully saturated rings. The van der Waals surface area contributed by atoms with Crippen LogP contribution in [0.15, 0.2) is 0 Å². The molecule has 0 aliphatic heterocycles. The second-order valence-electron chi connectivity index (χ2n) is 1.81. The average Bonchev–Trinajstić information content (AvgIpc) is 1.87. The van der Waals surface area contributed by atoms with E-state index in [1.165, 1.54) is 0 Å². The molecule has 0 aromatic rings. The second kappa shape index (κ2) is 3.33. The average molecular weight is 138 g/mol. The Hall–Kier alpha value is 0.280. The van der Waals surface area contributed by atoms with Crippen molar-refractivity contribution in [2.75, 3.05) is 17.3 Å². The van der Waals surface area contributed by atoms with Crippen LogP contribution in [-0.2, 0) is 0 Å². The van der Waals surface area contributed by atoms with Gasteiger partial charge in [-0.1, -0.05) is 31.2 Å². The van der Waals surface area contributed by atoms with Crippen LogP contribution in [0.1, 0.15) is 20.8 Å². The third kappa shape index (κ3) is 2.03. The number of hydrogen-bond donors (Lipinski definition) is 0. The van der Waals surface area contributed by atoms with Crippen molar-refractivity contribution in [2.45, 2.75) is 20.8 Å². The Labute approximate surface area is 53.1 Å². The fourth-order valence-electron chi connectivity index (χ4n) is 0.612. The summed E-state index contributed by atoms with van der Waals surface area (Å²) in [4.78, 5) is 0. The zero-order chi connectivity index (χ0) is 6.62. The SMILES string of the molecule is CCS(F)(CC)CC. The van der Waals surface area contributed by atoms with Gasteiger partial charge in [0.2, 0.25) is 0 Å². The van der Waals surface area contributed by atoms with E-state index < -0.39 is 10.4 Å². The van der Waals surface area contributed by atoms with Crippen molar-refractivity contribution in [3.05, 3.63) is 0 Å². The minimum Gasteiger partial charge on any atom is -0.189 e. The summed E-state index contributed by atoms with van der Waals surface area (Å²) in [6.07, 6.45) is 0. The van der Waals surface area contributed by atoms with Crippen LogP contribution in [0.2, 0.25) is 0 Å². The quantitative estimate of drug-likeness (QED) is 0.562. The largest absolute Gasteiger partial charge is 0.189 e. The predicted octanol–water partition coefficient (Wildman–Crippen LogP) is 2.74. The summed E-state index contributed by atoms with van der Waals surface area (Å²) >= 11 is 0. The normalized spacial score (nSPS) is 14.0. The van der Waals surface area contributed by atoms with Crippen LogP contribution in [-0.4, -0.2) is 17.3 Å². The van der Waals surface area contributed by atoms with Gasteiger partial charge in [-0.25, -0.2) is 0 Å². The molecule has 0 heterocycles. The Morgan fingerprint density at radius 2 is 1.25 bits per heavy atom. The molecule has 0 rings (SSSR count). The molecule has 0 aromatic carbocycles. The summed E-state index contributed by atoms with van der Waals surface area (Å²) in [5, 5.41) is 0. The molecule has 0 radical (unpaired) electrons. The molecule has 0 N–H and O–H groups in total. The lowest BCUT2D eigenvalue weighted by molar-refractivity contribution is 0.878. The lowest BCUT2D eigenvalue weighted by atomic mass is 10.9. The first kappa shape index (κ1) is 8.28. The molecule has 0 spiro atoms. The van der Waals surface area contributed by atoms with Crippen LogP contribution in [0.4, 0.5) is 3.89 Å². The highest BCUT2D eigenvalue weighted by molar-refractivity contribution is 8.29. The van der Waals surface area contributed by atoms with E-state index in [1.807, 2.05) is 20.8 Å². The maximum absolute atomic E-state index is 13.1. The molecule has 0 saturated heterocycles. The van der Waals surface area contributed by atoms with Crippen molar-refractivity contribution < 1.29 is 3.89 Å². The van der Waals surface area contributed by atoms with Crippen molar-refractivity contribution in [2.24, 2.45) is 0 Å². The van der Waals surface area contributed by atoms with Crippen molar-refractivity contribution in [3.63, 3.8) is 0 Å². The fraction of sp³-hybridized carbons (Fsp3) is 1.00. The molecule has 0 atom stereocenters. The molecule has 0 aromatic heterocycles.